The molecule has 1 aromatic rings. The predicted octanol–water partition coefficient (Wildman–Crippen LogP) is 2.17. The van der Waals surface area contributed by atoms with E-state index in [4.69, 9.17) is 5.84 Å². The summed E-state index contributed by atoms with van der Waals surface area (Å²) in [7, 11) is 0. The molecule has 0 bridgehead atoms. The fourth-order valence-corrected chi connectivity index (χ4v) is 1.73. The summed E-state index contributed by atoms with van der Waals surface area (Å²) in [4.78, 5) is 3.87. The minimum Gasteiger partial charge on any atom is -0.271 e. The van der Waals surface area contributed by atoms with Crippen LogP contribution in [0.2, 0.25) is 0 Å². The minimum absolute atomic E-state index is 0.183. The van der Waals surface area contributed by atoms with Crippen LogP contribution >= 0.6 is 15.9 Å². The van der Waals surface area contributed by atoms with E-state index in [-0.39, 0.29) is 6.42 Å². The van der Waals surface area contributed by atoms with Gasteiger partial charge in [-0.2, -0.15) is 13.2 Å². The Morgan fingerprint density at radius 1 is 1.44 bits per heavy atom. The van der Waals surface area contributed by atoms with Gasteiger partial charge in [0.15, 0.2) is 0 Å². The number of hydrogen-bond acceptors (Lipinski definition) is 3. The van der Waals surface area contributed by atoms with E-state index in [1.807, 2.05) is 0 Å². The Balaban J connectivity index is 2.63. The molecule has 1 unspecified atom stereocenters. The molecule has 3 nitrogen and oxygen atoms in total. The van der Waals surface area contributed by atoms with Gasteiger partial charge in [0.1, 0.15) is 0 Å². The van der Waals surface area contributed by atoms with Gasteiger partial charge in [-0.15, -0.1) is 0 Å². The molecule has 90 valence electrons. The zero-order chi connectivity index (χ0) is 12.2. The van der Waals surface area contributed by atoms with E-state index in [1.54, 1.807) is 12.3 Å². The monoisotopic (exact) mass is 297 g/mol. The Labute approximate surface area is 99.3 Å². The zero-order valence-electron chi connectivity index (χ0n) is 8.26. The van der Waals surface area contributed by atoms with Crippen molar-refractivity contribution >= 4 is 15.9 Å². The first-order valence-corrected chi connectivity index (χ1v) is 5.32. The second kappa shape index (κ2) is 5.60. The molecule has 16 heavy (non-hydrogen) atoms. The van der Waals surface area contributed by atoms with Gasteiger partial charge in [0.25, 0.3) is 0 Å². The Bertz CT molecular complexity index is 343. The number of hydrogen-bond donors (Lipinski definition) is 2. The topological polar surface area (TPSA) is 50.9 Å². The quantitative estimate of drug-likeness (QED) is 0.661. The van der Waals surface area contributed by atoms with Gasteiger partial charge in [0.2, 0.25) is 0 Å². The lowest BCUT2D eigenvalue weighted by Crippen LogP contribution is -2.40. The molecule has 0 aliphatic carbocycles. The molecule has 0 spiro atoms. The fraction of sp³-hybridized carbons (Fsp3) is 0.444. The predicted molar refractivity (Wildman–Crippen MR) is 57.4 cm³/mol. The van der Waals surface area contributed by atoms with Crippen molar-refractivity contribution in [2.45, 2.75) is 25.1 Å². The molecular weight excluding hydrogens is 287 g/mol. The highest BCUT2D eigenvalue weighted by Gasteiger charge is 2.31. The number of pyridine rings is 1. The minimum atomic E-state index is -4.23. The van der Waals surface area contributed by atoms with E-state index in [0.29, 0.717) is 5.56 Å². The van der Waals surface area contributed by atoms with Crippen LogP contribution in [-0.2, 0) is 6.42 Å². The van der Waals surface area contributed by atoms with E-state index in [9.17, 15) is 13.2 Å². The van der Waals surface area contributed by atoms with Crippen LogP contribution < -0.4 is 11.3 Å². The van der Waals surface area contributed by atoms with Gasteiger partial charge >= 0.3 is 6.18 Å². The standard InChI is InChI=1S/C9H11BrF3N3/c10-7-1-6(4-15-5-7)2-8(16-14)3-9(11,12)13/h1,4-5,8,16H,2-3,14H2. The molecule has 0 radical (unpaired) electrons. The van der Waals surface area contributed by atoms with Crippen molar-refractivity contribution < 1.29 is 13.2 Å². The smallest absolute Gasteiger partial charge is 0.271 e. The Hall–Kier alpha value is -0.660. The van der Waals surface area contributed by atoms with Crippen LogP contribution in [0, 0.1) is 0 Å². The van der Waals surface area contributed by atoms with Gasteiger partial charge in [-0.1, -0.05) is 0 Å². The first-order valence-electron chi connectivity index (χ1n) is 4.53. The highest BCUT2D eigenvalue weighted by Crippen LogP contribution is 2.23. The van der Waals surface area contributed by atoms with Crippen LogP contribution in [0.15, 0.2) is 22.9 Å². The maximum Gasteiger partial charge on any atom is 0.390 e. The molecule has 1 rings (SSSR count). The number of nitrogens with zero attached hydrogens (tertiary/aromatic N) is 1. The maximum atomic E-state index is 12.2. The first kappa shape index (κ1) is 13.4. The molecule has 1 atom stereocenters. The van der Waals surface area contributed by atoms with E-state index in [1.165, 1.54) is 6.20 Å². The lowest BCUT2D eigenvalue weighted by Gasteiger charge is -2.17. The van der Waals surface area contributed by atoms with Gasteiger partial charge < -0.3 is 0 Å². The molecule has 1 heterocycles. The molecular formula is C9H11BrF3N3. The average molecular weight is 298 g/mol. The van der Waals surface area contributed by atoms with E-state index in [0.717, 1.165) is 4.47 Å². The number of halogens is 4. The SMILES string of the molecule is NNC(Cc1cncc(Br)c1)CC(F)(F)F. The Morgan fingerprint density at radius 3 is 2.62 bits per heavy atom. The van der Waals surface area contributed by atoms with Crippen molar-refractivity contribution in [1.29, 1.82) is 0 Å². The van der Waals surface area contributed by atoms with E-state index >= 15 is 0 Å². The van der Waals surface area contributed by atoms with Crippen molar-refractivity contribution in [3.63, 3.8) is 0 Å². The van der Waals surface area contributed by atoms with E-state index in [2.05, 4.69) is 26.3 Å². The van der Waals surface area contributed by atoms with Crippen LogP contribution in [0.4, 0.5) is 13.2 Å². The van der Waals surface area contributed by atoms with Gasteiger partial charge in [0.05, 0.1) is 6.42 Å². The number of aromatic nitrogens is 1. The highest BCUT2D eigenvalue weighted by atomic mass is 79.9. The second-order valence-corrected chi connectivity index (χ2v) is 4.31. The van der Waals surface area contributed by atoms with Crippen LogP contribution in [-0.4, -0.2) is 17.2 Å². The van der Waals surface area contributed by atoms with Gasteiger partial charge in [-0.25, -0.2) is 0 Å². The van der Waals surface area contributed by atoms with Crippen LogP contribution in [0.25, 0.3) is 0 Å². The summed E-state index contributed by atoms with van der Waals surface area (Å²) in [6, 6.07) is 0.879. The van der Waals surface area contributed by atoms with Crippen molar-refractivity contribution in [2.75, 3.05) is 0 Å². The molecule has 0 aliphatic rings. The van der Waals surface area contributed by atoms with Crippen LogP contribution in [0.5, 0.6) is 0 Å². The van der Waals surface area contributed by atoms with Crippen molar-refractivity contribution in [3.05, 3.63) is 28.5 Å². The lowest BCUT2D eigenvalue weighted by atomic mass is 10.1. The maximum absolute atomic E-state index is 12.2. The van der Waals surface area contributed by atoms with Crippen molar-refractivity contribution in [3.8, 4) is 0 Å². The Kier molecular flexibility index (Phi) is 4.69. The number of hydrazine groups is 1. The average Bonchev–Trinajstić information content (AvgIpc) is 2.14. The number of nitrogens with two attached hydrogens (primary N) is 1. The summed E-state index contributed by atoms with van der Waals surface area (Å²) >= 11 is 3.20. The first-order chi connectivity index (χ1) is 7.40. The van der Waals surface area contributed by atoms with Gasteiger partial charge in [-0.3, -0.25) is 16.3 Å². The number of alkyl halides is 3. The van der Waals surface area contributed by atoms with Crippen LogP contribution in [0.1, 0.15) is 12.0 Å². The zero-order valence-corrected chi connectivity index (χ0v) is 9.85. The largest absolute Gasteiger partial charge is 0.390 e. The summed E-state index contributed by atoms with van der Waals surface area (Å²) in [6.45, 7) is 0. The lowest BCUT2D eigenvalue weighted by molar-refractivity contribution is -0.140. The molecule has 0 fully saturated rings. The number of rotatable bonds is 4. The summed E-state index contributed by atoms with van der Waals surface area (Å²) in [5, 5.41) is 0. The molecule has 0 amide bonds. The summed E-state index contributed by atoms with van der Waals surface area (Å²) in [5.41, 5.74) is 2.86. The molecule has 1 aromatic heterocycles. The molecule has 0 saturated heterocycles. The van der Waals surface area contributed by atoms with Gasteiger partial charge in [-0.05, 0) is 34.0 Å². The van der Waals surface area contributed by atoms with Gasteiger partial charge in [0, 0.05) is 22.9 Å². The molecule has 0 aliphatic heterocycles. The summed E-state index contributed by atoms with van der Waals surface area (Å²) in [6.07, 6.45) is -1.92. The molecule has 3 N–H and O–H groups in total. The molecule has 7 heteroatoms. The Morgan fingerprint density at radius 2 is 2.12 bits per heavy atom. The molecule has 0 aromatic carbocycles. The highest BCUT2D eigenvalue weighted by molar-refractivity contribution is 9.10. The van der Waals surface area contributed by atoms with Crippen LogP contribution in [0.3, 0.4) is 0 Å². The van der Waals surface area contributed by atoms with E-state index < -0.39 is 18.6 Å². The van der Waals surface area contributed by atoms with Crippen molar-refractivity contribution in [2.24, 2.45) is 5.84 Å². The normalized spacial score (nSPS) is 13.8. The third-order valence-electron chi connectivity index (χ3n) is 1.96. The molecule has 0 saturated carbocycles. The summed E-state index contributed by atoms with van der Waals surface area (Å²) in [5.74, 6) is 5.08. The number of nitrogens with one attached hydrogen (secondary N) is 1. The fourth-order valence-electron chi connectivity index (χ4n) is 1.32. The second-order valence-electron chi connectivity index (χ2n) is 3.40. The summed E-state index contributed by atoms with van der Waals surface area (Å²) < 4.78 is 37.2. The third kappa shape index (κ3) is 4.91. The van der Waals surface area contributed by atoms with Crippen molar-refractivity contribution in [1.82, 2.24) is 10.4 Å². The third-order valence-corrected chi connectivity index (χ3v) is 2.39.